The molecule has 0 bridgehead atoms. The molecule has 1 aromatic carbocycles. The van der Waals surface area contributed by atoms with E-state index in [9.17, 15) is 0 Å². The SMILES string of the molecule is CC(CNC(C)(C)C)N(C)C(C)c1ccc(Cl)cc1. The smallest absolute Gasteiger partial charge is 0.0406 e. The molecule has 0 aliphatic heterocycles. The molecule has 0 aromatic heterocycles. The first-order valence-corrected chi connectivity index (χ1v) is 7.31. The van der Waals surface area contributed by atoms with Gasteiger partial charge >= 0.3 is 0 Å². The summed E-state index contributed by atoms with van der Waals surface area (Å²) < 4.78 is 0. The van der Waals surface area contributed by atoms with Gasteiger partial charge in [0.05, 0.1) is 0 Å². The van der Waals surface area contributed by atoms with E-state index in [4.69, 9.17) is 11.6 Å². The van der Waals surface area contributed by atoms with Crippen LogP contribution in [-0.2, 0) is 0 Å². The Morgan fingerprint density at radius 3 is 2.16 bits per heavy atom. The van der Waals surface area contributed by atoms with Crippen molar-refractivity contribution in [1.29, 1.82) is 0 Å². The van der Waals surface area contributed by atoms with Gasteiger partial charge in [0, 0.05) is 29.2 Å². The zero-order valence-corrected chi connectivity index (χ0v) is 13.8. The first-order valence-electron chi connectivity index (χ1n) is 6.93. The predicted octanol–water partition coefficient (Wildman–Crippen LogP) is 4.11. The van der Waals surface area contributed by atoms with E-state index in [0.29, 0.717) is 12.1 Å². The van der Waals surface area contributed by atoms with Crippen molar-refractivity contribution in [3.63, 3.8) is 0 Å². The van der Waals surface area contributed by atoms with E-state index < -0.39 is 0 Å². The Hall–Kier alpha value is -0.570. The Morgan fingerprint density at radius 1 is 1.16 bits per heavy atom. The highest BCUT2D eigenvalue weighted by molar-refractivity contribution is 6.30. The molecule has 0 saturated carbocycles. The van der Waals surface area contributed by atoms with Gasteiger partial charge in [-0.25, -0.2) is 0 Å². The number of likely N-dealkylation sites (N-methyl/N-ethyl adjacent to an activating group) is 1. The molecule has 0 radical (unpaired) electrons. The summed E-state index contributed by atoms with van der Waals surface area (Å²) in [7, 11) is 2.17. The van der Waals surface area contributed by atoms with Gasteiger partial charge < -0.3 is 5.32 Å². The fourth-order valence-corrected chi connectivity index (χ4v) is 2.08. The molecule has 0 fully saturated rings. The standard InChI is InChI=1S/C16H27ClN2/c1-12(11-18-16(3,4)5)19(6)13(2)14-7-9-15(17)10-8-14/h7-10,12-13,18H,11H2,1-6H3. The zero-order chi connectivity index (χ0) is 14.6. The highest BCUT2D eigenvalue weighted by Crippen LogP contribution is 2.22. The molecule has 0 aliphatic carbocycles. The Balaban J connectivity index is 2.60. The summed E-state index contributed by atoms with van der Waals surface area (Å²) in [5.74, 6) is 0. The predicted molar refractivity (Wildman–Crippen MR) is 84.8 cm³/mol. The van der Waals surface area contributed by atoms with Crippen molar-refractivity contribution in [2.75, 3.05) is 13.6 Å². The van der Waals surface area contributed by atoms with Crippen LogP contribution >= 0.6 is 11.6 Å². The maximum absolute atomic E-state index is 5.93. The molecule has 0 amide bonds. The van der Waals surface area contributed by atoms with E-state index in [1.807, 2.05) is 12.1 Å². The molecule has 0 saturated heterocycles. The van der Waals surface area contributed by atoms with Crippen molar-refractivity contribution >= 4 is 11.6 Å². The monoisotopic (exact) mass is 282 g/mol. The average Bonchev–Trinajstić information content (AvgIpc) is 2.34. The summed E-state index contributed by atoms with van der Waals surface area (Å²) in [5.41, 5.74) is 1.47. The van der Waals surface area contributed by atoms with Crippen molar-refractivity contribution in [1.82, 2.24) is 10.2 Å². The molecule has 1 N–H and O–H groups in total. The molecule has 19 heavy (non-hydrogen) atoms. The van der Waals surface area contributed by atoms with E-state index in [2.05, 4.69) is 64.0 Å². The molecular weight excluding hydrogens is 256 g/mol. The maximum atomic E-state index is 5.93. The zero-order valence-electron chi connectivity index (χ0n) is 13.0. The normalized spacial score (nSPS) is 15.6. The van der Waals surface area contributed by atoms with Gasteiger partial charge in [-0.15, -0.1) is 0 Å². The number of hydrogen-bond donors (Lipinski definition) is 1. The molecule has 3 heteroatoms. The van der Waals surface area contributed by atoms with E-state index >= 15 is 0 Å². The Morgan fingerprint density at radius 2 is 1.68 bits per heavy atom. The number of nitrogens with one attached hydrogen (secondary N) is 1. The summed E-state index contributed by atoms with van der Waals surface area (Å²) in [5, 5.41) is 4.35. The van der Waals surface area contributed by atoms with Crippen molar-refractivity contribution in [2.24, 2.45) is 0 Å². The lowest BCUT2D eigenvalue weighted by atomic mass is 10.0. The largest absolute Gasteiger partial charge is 0.311 e. The lowest BCUT2D eigenvalue weighted by Crippen LogP contribution is -2.45. The third-order valence-electron chi connectivity index (χ3n) is 3.59. The first-order chi connectivity index (χ1) is 8.70. The Kier molecular flexibility index (Phi) is 5.84. The molecule has 0 spiro atoms. The Labute approximate surface area is 123 Å². The van der Waals surface area contributed by atoms with Crippen LogP contribution in [0.15, 0.2) is 24.3 Å². The summed E-state index contributed by atoms with van der Waals surface area (Å²) in [6, 6.07) is 8.98. The van der Waals surface area contributed by atoms with E-state index in [1.165, 1.54) is 5.56 Å². The van der Waals surface area contributed by atoms with Crippen LogP contribution in [0.2, 0.25) is 5.02 Å². The molecule has 2 unspecified atom stereocenters. The van der Waals surface area contributed by atoms with Crippen molar-refractivity contribution in [3.8, 4) is 0 Å². The van der Waals surface area contributed by atoms with Crippen LogP contribution in [0.25, 0.3) is 0 Å². The van der Waals surface area contributed by atoms with Crippen LogP contribution in [0.5, 0.6) is 0 Å². The third-order valence-corrected chi connectivity index (χ3v) is 3.84. The summed E-state index contributed by atoms with van der Waals surface area (Å²) in [6.45, 7) is 12.1. The summed E-state index contributed by atoms with van der Waals surface area (Å²) in [4.78, 5) is 2.39. The number of rotatable bonds is 5. The fraction of sp³-hybridized carbons (Fsp3) is 0.625. The molecule has 2 atom stereocenters. The minimum atomic E-state index is 0.165. The molecule has 108 valence electrons. The third kappa shape index (κ3) is 5.52. The van der Waals surface area contributed by atoms with Crippen molar-refractivity contribution in [2.45, 2.75) is 52.2 Å². The van der Waals surface area contributed by atoms with E-state index in [0.717, 1.165) is 11.6 Å². The second-order valence-electron chi connectivity index (χ2n) is 6.37. The van der Waals surface area contributed by atoms with Gasteiger partial charge in [-0.1, -0.05) is 23.7 Å². The van der Waals surface area contributed by atoms with Crippen LogP contribution in [0.1, 0.15) is 46.2 Å². The highest BCUT2D eigenvalue weighted by atomic mass is 35.5. The van der Waals surface area contributed by atoms with E-state index in [1.54, 1.807) is 0 Å². The van der Waals surface area contributed by atoms with Gasteiger partial charge in [0.25, 0.3) is 0 Å². The Bertz CT molecular complexity index is 381. The lowest BCUT2D eigenvalue weighted by Gasteiger charge is -2.33. The van der Waals surface area contributed by atoms with Gasteiger partial charge in [0.1, 0.15) is 0 Å². The molecule has 1 rings (SSSR count). The second-order valence-corrected chi connectivity index (χ2v) is 6.81. The number of benzene rings is 1. The van der Waals surface area contributed by atoms with Crippen LogP contribution in [0.3, 0.4) is 0 Å². The highest BCUT2D eigenvalue weighted by Gasteiger charge is 2.19. The van der Waals surface area contributed by atoms with Gasteiger partial charge in [0.2, 0.25) is 0 Å². The molecule has 0 heterocycles. The quantitative estimate of drug-likeness (QED) is 0.874. The number of nitrogens with zero attached hydrogens (tertiary/aromatic N) is 1. The van der Waals surface area contributed by atoms with Crippen LogP contribution in [0.4, 0.5) is 0 Å². The first kappa shape index (κ1) is 16.5. The van der Waals surface area contributed by atoms with Gasteiger partial charge in [-0.2, -0.15) is 0 Å². The molecule has 2 nitrogen and oxygen atoms in total. The van der Waals surface area contributed by atoms with Gasteiger partial charge in [0.15, 0.2) is 0 Å². The number of halogens is 1. The van der Waals surface area contributed by atoms with Crippen LogP contribution < -0.4 is 5.32 Å². The number of hydrogen-bond acceptors (Lipinski definition) is 2. The van der Waals surface area contributed by atoms with Crippen LogP contribution in [0, 0.1) is 0 Å². The average molecular weight is 283 g/mol. The van der Waals surface area contributed by atoms with Crippen LogP contribution in [-0.4, -0.2) is 30.1 Å². The summed E-state index contributed by atoms with van der Waals surface area (Å²) >= 11 is 5.93. The molecular formula is C16H27ClN2. The summed E-state index contributed by atoms with van der Waals surface area (Å²) in [6.07, 6.45) is 0. The maximum Gasteiger partial charge on any atom is 0.0406 e. The minimum absolute atomic E-state index is 0.165. The second kappa shape index (κ2) is 6.74. The molecule has 1 aromatic rings. The topological polar surface area (TPSA) is 15.3 Å². The van der Waals surface area contributed by atoms with Crippen molar-refractivity contribution in [3.05, 3.63) is 34.9 Å². The molecule has 0 aliphatic rings. The van der Waals surface area contributed by atoms with Gasteiger partial charge in [-0.3, -0.25) is 4.90 Å². The van der Waals surface area contributed by atoms with E-state index in [-0.39, 0.29) is 5.54 Å². The minimum Gasteiger partial charge on any atom is -0.311 e. The fourth-order valence-electron chi connectivity index (χ4n) is 1.96. The lowest BCUT2D eigenvalue weighted by molar-refractivity contribution is 0.184. The van der Waals surface area contributed by atoms with Crippen molar-refractivity contribution < 1.29 is 0 Å². The van der Waals surface area contributed by atoms with Gasteiger partial charge in [-0.05, 0) is 59.4 Å².